The van der Waals surface area contributed by atoms with Crippen molar-refractivity contribution in [1.29, 1.82) is 0 Å². The summed E-state index contributed by atoms with van der Waals surface area (Å²) < 4.78 is 0. The van der Waals surface area contributed by atoms with Crippen LogP contribution in [0.1, 0.15) is 34.1 Å². The molecule has 0 aliphatic carbocycles. The van der Waals surface area contributed by atoms with Crippen molar-refractivity contribution in [1.82, 2.24) is 5.32 Å². The van der Waals surface area contributed by atoms with Crippen molar-refractivity contribution in [3.63, 3.8) is 0 Å². The molecule has 1 atom stereocenters. The quantitative estimate of drug-likeness (QED) is 0.635. The van der Waals surface area contributed by atoms with Crippen LogP contribution < -0.4 is 5.32 Å². The van der Waals surface area contributed by atoms with Crippen LogP contribution in [0.5, 0.6) is 0 Å². The second kappa shape index (κ2) is 4.73. The van der Waals surface area contributed by atoms with Crippen molar-refractivity contribution in [2.45, 2.75) is 39.7 Å². The molecule has 0 heterocycles. The lowest BCUT2D eigenvalue weighted by molar-refractivity contribution is 0.166. The normalized spacial score (nSPS) is 16.9. The molecule has 1 unspecified atom stereocenters. The van der Waals surface area contributed by atoms with Crippen LogP contribution in [0.4, 0.5) is 0 Å². The molecular formula is C9H21NO. The van der Waals surface area contributed by atoms with Gasteiger partial charge in [-0.25, -0.2) is 0 Å². The molecule has 11 heavy (non-hydrogen) atoms. The molecular weight excluding hydrogens is 138 g/mol. The van der Waals surface area contributed by atoms with E-state index in [0.717, 1.165) is 13.0 Å². The highest BCUT2D eigenvalue weighted by Crippen LogP contribution is 2.07. The molecule has 2 nitrogen and oxygen atoms in total. The van der Waals surface area contributed by atoms with Gasteiger partial charge in [-0.1, -0.05) is 20.8 Å². The van der Waals surface area contributed by atoms with Gasteiger partial charge in [-0.2, -0.15) is 0 Å². The highest BCUT2D eigenvalue weighted by molar-refractivity contribution is 4.80. The topological polar surface area (TPSA) is 32.3 Å². The van der Waals surface area contributed by atoms with E-state index in [4.69, 9.17) is 5.11 Å². The van der Waals surface area contributed by atoms with E-state index in [2.05, 4.69) is 33.0 Å². The average molecular weight is 159 g/mol. The number of nitrogens with one attached hydrogen (secondary N) is 1. The molecule has 2 N–H and O–H groups in total. The Bertz CT molecular complexity index is 97.7. The van der Waals surface area contributed by atoms with Crippen LogP contribution in [0.15, 0.2) is 0 Å². The maximum Gasteiger partial charge on any atom is 0.0610 e. The van der Waals surface area contributed by atoms with Gasteiger partial charge < -0.3 is 10.4 Å². The highest BCUT2D eigenvalue weighted by atomic mass is 16.3. The molecule has 0 bridgehead atoms. The summed E-state index contributed by atoms with van der Waals surface area (Å²) in [6.07, 6.45) is 0.968. The molecule has 0 radical (unpaired) electrons. The zero-order valence-electron chi connectivity index (χ0n) is 8.15. The smallest absolute Gasteiger partial charge is 0.0610 e. The zero-order chi connectivity index (χ0) is 8.91. The third-order valence-electron chi connectivity index (χ3n) is 2.07. The maximum absolute atomic E-state index is 9.04. The summed E-state index contributed by atoms with van der Waals surface area (Å²) in [7, 11) is 0. The molecule has 0 aromatic carbocycles. The minimum atomic E-state index is -0.0791. The van der Waals surface area contributed by atoms with Gasteiger partial charge in [-0.15, -0.1) is 0 Å². The van der Waals surface area contributed by atoms with Crippen LogP contribution in [0, 0.1) is 5.92 Å². The fraction of sp³-hybridized carbons (Fsp3) is 1.00. The lowest BCUT2D eigenvalue weighted by Gasteiger charge is -2.28. The fourth-order valence-electron chi connectivity index (χ4n) is 0.743. The predicted octanol–water partition coefficient (Wildman–Crippen LogP) is 1.39. The van der Waals surface area contributed by atoms with Crippen LogP contribution in [0.25, 0.3) is 0 Å². The van der Waals surface area contributed by atoms with Crippen LogP contribution >= 0.6 is 0 Å². The van der Waals surface area contributed by atoms with Gasteiger partial charge in [-0.3, -0.25) is 0 Å². The second-order valence-electron chi connectivity index (χ2n) is 3.85. The summed E-state index contributed by atoms with van der Waals surface area (Å²) in [5, 5.41) is 12.4. The number of aliphatic hydroxyl groups is 1. The molecule has 0 aromatic heterocycles. The highest BCUT2D eigenvalue weighted by Gasteiger charge is 2.19. The first-order valence-electron chi connectivity index (χ1n) is 4.40. The van der Waals surface area contributed by atoms with Gasteiger partial charge in [0.2, 0.25) is 0 Å². The van der Waals surface area contributed by atoms with Gasteiger partial charge >= 0.3 is 0 Å². The Morgan fingerprint density at radius 2 is 2.00 bits per heavy atom. The van der Waals surface area contributed by atoms with E-state index in [0.29, 0.717) is 5.92 Å². The van der Waals surface area contributed by atoms with Gasteiger partial charge in [0.05, 0.1) is 6.61 Å². The van der Waals surface area contributed by atoms with Gasteiger partial charge in [0.15, 0.2) is 0 Å². The summed E-state index contributed by atoms with van der Waals surface area (Å²) in [6.45, 7) is 9.67. The van der Waals surface area contributed by atoms with E-state index in [-0.39, 0.29) is 12.1 Å². The molecule has 0 spiro atoms. The van der Waals surface area contributed by atoms with E-state index in [1.807, 2.05) is 0 Å². The van der Waals surface area contributed by atoms with E-state index in [1.165, 1.54) is 0 Å². The minimum absolute atomic E-state index is 0.0791. The van der Waals surface area contributed by atoms with Crippen molar-refractivity contribution < 1.29 is 5.11 Å². The van der Waals surface area contributed by atoms with Gasteiger partial charge in [0.25, 0.3) is 0 Å². The first-order valence-corrected chi connectivity index (χ1v) is 4.40. The summed E-state index contributed by atoms with van der Waals surface area (Å²) in [5.41, 5.74) is -0.0791. The first kappa shape index (κ1) is 10.9. The Kier molecular flexibility index (Phi) is 4.69. The largest absolute Gasteiger partial charge is 0.394 e. The maximum atomic E-state index is 9.04. The Morgan fingerprint density at radius 3 is 2.27 bits per heavy atom. The molecule has 0 fully saturated rings. The van der Waals surface area contributed by atoms with E-state index in [1.54, 1.807) is 0 Å². The van der Waals surface area contributed by atoms with E-state index < -0.39 is 0 Å². The predicted molar refractivity (Wildman–Crippen MR) is 48.6 cm³/mol. The Morgan fingerprint density at radius 1 is 1.45 bits per heavy atom. The van der Waals surface area contributed by atoms with Crippen molar-refractivity contribution in [3.05, 3.63) is 0 Å². The third kappa shape index (κ3) is 4.38. The molecule has 0 saturated heterocycles. The number of aliphatic hydroxyl groups excluding tert-OH is 1. The fourth-order valence-corrected chi connectivity index (χ4v) is 0.743. The van der Waals surface area contributed by atoms with Crippen molar-refractivity contribution >= 4 is 0 Å². The standard InChI is InChI=1S/C9H21NO/c1-5-9(4,7-11)10-6-8(2)3/h8,10-11H,5-7H2,1-4H3. The lowest BCUT2D eigenvalue weighted by atomic mass is 9.99. The lowest BCUT2D eigenvalue weighted by Crippen LogP contribution is -2.46. The molecule has 0 saturated carbocycles. The van der Waals surface area contributed by atoms with Gasteiger partial charge in [-0.05, 0) is 25.8 Å². The Labute approximate surface area is 70.0 Å². The average Bonchev–Trinajstić information content (AvgIpc) is 2.00. The molecule has 0 aliphatic heterocycles. The first-order chi connectivity index (χ1) is 5.04. The Balaban J connectivity index is 3.69. The van der Waals surface area contributed by atoms with Crippen LogP contribution in [0.2, 0.25) is 0 Å². The molecule has 0 amide bonds. The van der Waals surface area contributed by atoms with Crippen LogP contribution in [-0.2, 0) is 0 Å². The molecule has 0 aromatic rings. The van der Waals surface area contributed by atoms with Crippen LogP contribution in [-0.4, -0.2) is 23.8 Å². The van der Waals surface area contributed by atoms with Gasteiger partial charge in [0.1, 0.15) is 0 Å². The molecule has 0 aliphatic rings. The molecule has 0 rings (SSSR count). The summed E-state index contributed by atoms with van der Waals surface area (Å²) in [6, 6.07) is 0. The minimum Gasteiger partial charge on any atom is -0.394 e. The van der Waals surface area contributed by atoms with E-state index in [9.17, 15) is 0 Å². The van der Waals surface area contributed by atoms with Crippen molar-refractivity contribution in [2.24, 2.45) is 5.92 Å². The van der Waals surface area contributed by atoms with Crippen molar-refractivity contribution in [2.75, 3.05) is 13.2 Å². The zero-order valence-corrected chi connectivity index (χ0v) is 8.15. The summed E-state index contributed by atoms with van der Waals surface area (Å²) >= 11 is 0. The van der Waals surface area contributed by atoms with Crippen LogP contribution in [0.3, 0.4) is 0 Å². The summed E-state index contributed by atoms with van der Waals surface area (Å²) in [4.78, 5) is 0. The molecule has 68 valence electrons. The number of hydrogen-bond donors (Lipinski definition) is 2. The Hall–Kier alpha value is -0.0800. The number of hydrogen-bond acceptors (Lipinski definition) is 2. The third-order valence-corrected chi connectivity index (χ3v) is 2.07. The van der Waals surface area contributed by atoms with Crippen molar-refractivity contribution in [3.8, 4) is 0 Å². The summed E-state index contributed by atoms with van der Waals surface area (Å²) in [5.74, 6) is 0.646. The SMILES string of the molecule is CCC(C)(CO)NCC(C)C. The second-order valence-corrected chi connectivity index (χ2v) is 3.85. The van der Waals surface area contributed by atoms with Gasteiger partial charge in [0, 0.05) is 5.54 Å². The molecule has 2 heteroatoms. The number of rotatable bonds is 5. The monoisotopic (exact) mass is 159 g/mol. The van der Waals surface area contributed by atoms with E-state index >= 15 is 0 Å².